The average Bonchev–Trinajstić information content (AvgIpc) is 2.34. The van der Waals surface area contributed by atoms with Crippen LogP contribution in [0.2, 0.25) is 0 Å². The van der Waals surface area contributed by atoms with Crippen molar-refractivity contribution >= 4 is 0 Å². The molecule has 0 aliphatic carbocycles. The van der Waals surface area contributed by atoms with E-state index < -0.39 is 0 Å². The van der Waals surface area contributed by atoms with Crippen LogP contribution in [0.5, 0.6) is 5.75 Å². The predicted octanol–water partition coefficient (Wildman–Crippen LogP) is 1.95. The number of hydrogen-bond acceptors (Lipinski definition) is 3. The van der Waals surface area contributed by atoms with Crippen molar-refractivity contribution in [2.24, 2.45) is 0 Å². The molecule has 3 heteroatoms. The smallest absolute Gasteiger partial charge is 0.119 e. The van der Waals surface area contributed by atoms with E-state index in [4.69, 9.17) is 9.84 Å². The monoisotopic (exact) mass is 223 g/mol. The molecule has 0 aromatic heterocycles. The number of ether oxygens (including phenoxy) is 1. The van der Waals surface area contributed by atoms with Crippen molar-refractivity contribution in [1.29, 1.82) is 0 Å². The van der Waals surface area contributed by atoms with Crippen molar-refractivity contribution in [3.63, 3.8) is 0 Å². The first-order chi connectivity index (χ1) is 7.76. The molecule has 1 aromatic carbocycles. The Hall–Kier alpha value is -1.06. The maximum Gasteiger partial charge on any atom is 0.119 e. The fourth-order valence-corrected chi connectivity index (χ4v) is 1.32. The third-order valence-electron chi connectivity index (χ3n) is 2.30. The van der Waals surface area contributed by atoms with Crippen LogP contribution in [0.1, 0.15) is 25.8 Å². The van der Waals surface area contributed by atoms with Gasteiger partial charge in [0.2, 0.25) is 0 Å². The van der Waals surface area contributed by atoms with Crippen LogP contribution < -0.4 is 10.1 Å². The Bertz CT molecular complexity index is 302. The fraction of sp³-hybridized carbons (Fsp3) is 0.538. The highest BCUT2D eigenvalue weighted by atomic mass is 16.5. The summed E-state index contributed by atoms with van der Waals surface area (Å²) in [6.07, 6.45) is 1.02. The molecule has 0 fully saturated rings. The highest BCUT2D eigenvalue weighted by molar-refractivity contribution is 5.28. The zero-order valence-corrected chi connectivity index (χ0v) is 10.1. The number of rotatable bonds is 7. The van der Waals surface area contributed by atoms with Crippen molar-refractivity contribution in [2.45, 2.75) is 32.9 Å². The summed E-state index contributed by atoms with van der Waals surface area (Å²) >= 11 is 0. The lowest BCUT2D eigenvalue weighted by Crippen LogP contribution is -2.28. The zero-order valence-electron chi connectivity index (χ0n) is 10.1. The van der Waals surface area contributed by atoms with Gasteiger partial charge in [-0.25, -0.2) is 0 Å². The van der Waals surface area contributed by atoms with Crippen LogP contribution >= 0.6 is 0 Å². The van der Waals surface area contributed by atoms with Gasteiger partial charge < -0.3 is 15.2 Å². The molecule has 0 bridgehead atoms. The molecule has 0 saturated carbocycles. The van der Waals surface area contributed by atoms with Crippen LogP contribution in [0.3, 0.4) is 0 Å². The van der Waals surface area contributed by atoms with Crippen LogP contribution in [0.4, 0.5) is 0 Å². The van der Waals surface area contributed by atoms with Gasteiger partial charge in [0.1, 0.15) is 5.75 Å². The summed E-state index contributed by atoms with van der Waals surface area (Å²) < 4.78 is 5.55. The Morgan fingerprint density at radius 1 is 1.44 bits per heavy atom. The van der Waals surface area contributed by atoms with Gasteiger partial charge in [0, 0.05) is 12.6 Å². The molecule has 0 amide bonds. The van der Waals surface area contributed by atoms with E-state index in [1.165, 1.54) is 5.56 Å². The van der Waals surface area contributed by atoms with Crippen LogP contribution in [-0.4, -0.2) is 24.4 Å². The lowest BCUT2D eigenvalue weighted by Gasteiger charge is -2.11. The minimum absolute atomic E-state index is 0.125. The second kappa shape index (κ2) is 7.25. The van der Waals surface area contributed by atoms with Gasteiger partial charge >= 0.3 is 0 Å². The number of hydrogen-bond donors (Lipinski definition) is 2. The molecule has 0 spiro atoms. The maximum absolute atomic E-state index is 8.90. The molecule has 2 N–H and O–H groups in total. The zero-order chi connectivity index (χ0) is 11.8. The van der Waals surface area contributed by atoms with Crippen molar-refractivity contribution < 1.29 is 9.84 Å². The third kappa shape index (κ3) is 4.64. The van der Waals surface area contributed by atoms with Crippen LogP contribution in [0, 0.1) is 0 Å². The summed E-state index contributed by atoms with van der Waals surface area (Å²) in [5.74, 6) is 0.915. The average molecular weight is 223 g/mol. The van der Waals surface area contributed by atoms with Gasteiger partial charge in [0.25, 0.3) is 0 Å². The van der Waals surface area contributed by atoms with Gasteiger partial charge in [-0.2, -0.15) is 0 Å². The molecule has 3 nitrogen and oxygen atoms in total. The summed E-state index contributed by atoms with van der Waals surface area (Å²) in [6, 6.07) is 8.17. The Labute approximate surface area is 97.4 Å². The SMILES string of the molecule is CCCOc1cccc(CN[C@@H](C)CO)c1. The molecular weight excluding hydrogens is 202 g/mol. The first-order valence-electron chi connectivity index (χ1n) is 5.82. The molecular formula is C13H21NO2. The molecule has 90 valence electrons. The molecule has 1 rings (SSSR count). The van der Waals surface area contributed by atoms with Gasteiger partial charge in [0.05, 0.1) is 13.2 Å². The largest absolute Gasteiger partial charge is 0.494 e. The molecule has 0 unspecified atom stereocenters. The Morgan fingerprint density at radius 3 is 2.94 bits per heavy atom. The van der Waals surface area contributed by atoms with E-state index in [9.17, 15) is 0 Å². The van der Waals surface area contributed by atoms with E-state index in [0.717, 1.165) is 25.3 Å². The second-order valence-corrected chi connectivity index (χ2v) is 3.96. The molecule has 1 aromatic rings. The Morgan fingerprint density at radius 2 is 2.25 bits per heavy atom. The molecule has 1 atom stereocenters. The Balaban J connectivity index is 2.46. The van der Waals surface area contributed by atoms with Crippen LogP contribution in [-0.2, 0) is 6.54 Å². The molecule has 0 saturated heterocycles. The van der Waals surface area contributed by atoms with Gasteiger partial charge in [-0.15, -0.1) is 0 Å². The summed E-state index contributed by atoms with van der Waals surface area (Å²) in [5, 5.41) is 12.1. The summed E-state index contributed by atoms with van der Waals surface area (Å²) in [4.78, 5) is 0. The first-order valence-corrected chi connectivity index (χ1v) is 5.82. The quantitative estimate of drug-likeness (QED) is 0.742. The van der Waals surface area contributed by atoms with Gasteiger partial charge in [-0.05, 0) is 31.0 Å². The van der Waals surface area contributed by atoms with E-state index in [1.807, 2.05) is 25.1 Å². The van der Waals surface area contributed by atoms with Crippen molar-refractivity contribution in [2.75, 3.05) is 13.2 Å². The van der Waals surface area contributed by atoms with Gasteiger partial charge in [0.15, 0.2) is 0 Å². The number of aliphatic hydroxyl groups is 1. The van der Waals surface area contributed by atoms with E-state index in [2.05, 4.69) is 18.3 Å². The summed E-state index contributed by atoms with van der Waals surface area (Å²) in [7, 11) is 0. The standard InChI is InChI=1S/C13H21NO2/c1-3-7-16-13-6-4-5-12(8-13)9-14-11(2)10-15/h4-6,8,11,14-15H,3,7,9-10H2,1-2H3/t11-/m0/s1. The maximum atomic E-state index is 8.90. The number of nitrogens with one attached hydrogen (secondary N) is 1. The van der Waals surface area contributed by atoms with Crippen molar-refractivity contribution in [3.05, 3.63) is 29.8 Å². The minimum Gasteiger partial charge on any atom is -0.494 e. The highest BCUT2D eigenvalue weighted by Crippen LogP contribution is 2.13. The fourth-order valence-electron chi connectivity index (χ4n) is 1.32. The summed E-state index contributed by atoms with van der Waals surface area (Å²) in [5.41, 5.74) is 1.17. The minimum atomic E-state index is 0.125. The Kier molecular flexibility index (Phi) is 5.90. The highest BCUT2D eigenvalue weighted by Gasteiger charge is 2.00. The molecule has 0 radical (unpaired) electrons. The molecule has 0 aliphatic rings. The number of aliphatic hydroxyl groups excluding tert-OH is 1. The summed E-state index contributed by atoms with van der Waals surface area (Å²) in [6.45, 7) is 5.72. The normalized spacial score (nSPS) is 12.4. The van der Waals surface area contributed by atoms with E-state index in [0.29, 0.717) is 0 Å². The predicted molar refractivity (Wildman–Crippen MR) is 65.6 cm³/mol. The van der Waals surface area contributed by atoms with E-state index in [-0.39, 0.29) is 12.6 Å². The van der Waals surface area contributed by atoms with Crippen molar-refractivity contribution in [3.8, 4) is 5.75 Å². The topological polar surface area (TPSA) is 41.5 Å². The van der Waals surface area contributed by atoms with E-state index >= 15 is 0 Å². The molecule has 16 heavy (non-hydrogen) atoms. The van der Waals surface area contributed by atoms with Gasteiger partial charge in [-0.1, -0.05) is 19.1 Å². The molecule has 0 heterocycles. The second-order valence-electron chi connectivity index (χ2n) is 3.96. The lowest BCUT2D eigenvalue weighted by atomic mass is 10.2. The first kappa shape index (κ1) is 13.0. The van der Waals surface area contributed by atoms with E-state index in [1.54, 1.807) is 0 Å². The molecule has 0 aliphatic heterocycles. The lowest BCUT2D eigenvalue weighted by molar-refractivity contribution is 0.251. The van der Waals surface area contributed by atoms with Crippen LogP contribution in [0.25, 0.3) is 0 Å². The third-order valence-corrected chi connectivity index (χ3v) is 2.30. The van der Waals surface area contributed by atoms with Gasteiger partial charge in [-0.3, -0.25) is 0 Å². The van der Waals surface area contributed by atoms with Crippen molar-refractivity contribution in [1.82, 2.24) is 5.32 Å². The van der Waals surface area contributed by atoms with Crippen LogP contribution in [0.15, 0.2) is 24.3 Å². The number of benzene rings is 1.